The van der Waals surface area contributed by atoms with E-state index in [4.69, 9.17) is 0 Å². The Balaban J connectivity index is 1.86. The average molecular weight is 362 g/mol. The summed E-state index contributed by atoms with van der Waals surface area (Å²) < 4.78 is 38.3. The first-order valence-corrected chi connectivity index (χ1v) is 7.99. The number of halogens is 3. The van der Waals surface area contributed by atoms with Crippen LogP contribution in [-0.2, 0) is 16.4 Å². The van der Waals surface area contributed by atoms with Crippen LogP contribution < -0.4 is 10.6 Å². The van der Waals surface area contributed by atoms with Gasteiger partial charge in [0.1, 0.15) is 0 Å². The van der Waals surface area contributed by atoms with Crippen LogP contribution in [0.2, 0.25) is 0 Å². The molecule has 0 spiro atoms. The normalized spacial score (nSPS) is 15.8. The molecule has 0 saturated carbocycles. The van der Waals surface area contributed by atoms with Gasteiger partial charge in [-0.3, -0.25) is 9.59 Å². The first-order chi connectivity index (χ1) is 12.1. The van der Waals surface area contributed by atoms with E-state index in [1.165, 1.54) is 18.2 Å². The molecule has 7 heteroatoms. The number of rotatable bonds is 2. The molecule has 136 valence electrons. The van der Waals surface area contributed by atoms with Crippen LogP contribution >= 0.6 is 0 Å². The molecule has 1 aliphatic heterocycles. The molecule has 0 bridgehead atoms. The van der Waals surface area contributed by atoms with Gasteiger partial charge in [-0.1, -0.05) is 26.0 Å². The molecule has 2 amide bonds. The molecule has 2 aromatic carbocycles. The van der Waals surface area contributed by atoms with Crippen molar-refractivity contribution < 1.29 is 22.8 Å². The van der Waals surface area contributed by atoms with E-state index in [0.717, 1.165) is 17.7 Å². The third-order valence-electron chi connectivity index (χ3n) is 4.34. The molecule has 0 fully saturated rings. The highest BCUT2D eigenvalue weighted by molar-refractivity contribution is 6.06. The molecule has 3 rings (SSSR count). The van der Waals surface area contributed by atoms with Crippen LogP contribution in [0.15, 0.2) is 42.5 Å². The quantitative estimate of drug-likeness (QED) is 0.822. The van der Waals surface area contributed by atoms with E-state index >= 15 is 0 Å². The fourth-order valence-electron chi connectivity index (χ4n) is 3.05. The summed E-state index contributed by atoms with van der Waals surface area (Å²) in [6.45, 7) is 3.87. The number of amides is 2. The van der Waals surface area contributed by atoms with Crippen molar-refractivity contribution in [2.45, 2.75) is 31.9 Å². The Labute approximate surface area is 148 Å². The van der Waals surface area contributed by atoms with Crippen molar-refractivity contribution in [1.29, 1.82) is 0 Å². The van der Waals surface area contributed by atoms with E-state index in [9.17, 15) is 22.8 Å². The number of fused-ring (bicyclic) bond motifs is 1. The van der Waals surface area contributed by atoms with Crippen molar-refractivity contribution in [2.24, 2.45) is 0 Å². The average Bonchev–Trinajstić information content (AvgIpc) is 2.52. The van der Waals surface area contributed by atoms with Gasteiger partial charge in [-0.15, -0.1) is 0 Å². The fraction of sp³-hybridized carbons (Fsp3) is 0.263. The van der Waals surface area contributed by atoms with Crippen molar-refractivity contribution in [2.75, 3.05) is 10.6 Å². The number of hydrogen-bond donors (Lipinski definition) is 2. The Morgan fingerprint density at radius 1 is 1.15 bits per heavy atom. The van der Waals surface area contributed by atoms with E-state index < -0.39 is 17.6 Å². The molecule has 2 aromatic rings. The molecule has 4 nitrogen and oxygen atoms in total. The van der Waals surface area contributed by atoms with Crippen molar-refractivity contribution in [3.63, 3.8) is 0 Å². The van der Waals surface area contributed by atoms with E-state index in [2.05, 4.69) is 10.6 Å². The molecule has 26 heavy (non-hydrogen) atoms. The lowest BCUT2D eigenvalue weighted by Gasteiger charge is -2.32. The number of carbonyl (C=O) groups is 2. The Morgan fingerprint density at radius 3 is 2.58 bits per heavy atom. The molecule has 0 saturated heterocycles. The molecule has 0 unspecified atom stereocenters. The molecule has 1 heterocycles. The topological polar surface area (TPSA) is 58.2 Å². The molecule has 0 atom stereocenters. The number of alkyl halides is 3. The molecule has 2 N–H and O–H groups in total. The third kappa shape index (κ3) is 3.56. The Bertz CT molecular complexity index is 889. The standard InChI is InChI=1S/C19H17F3N2O2/c1-18(2)10-16(25)24-15-8-11(6-7-14(15)18)17(26)23-13-5-3-4-12(9-13)19(20,21)22/h3-9H,10H2,1-2H3,(H,23,26)(H,24,25). The van der Waals surface area contributed by atoms with Gasteiger partial charge in [0.2, 0.25) is 5.91 Å². The Morgan fingerprint density at radius 2 is 1.88 bits per heavy atom. The summed E-state index contributed by atoms with van der Waals surface area (Å²) in [5, 5.41) is 5.19. The van der Waals surface area contributed by atoms with E-state index in [1.807, 2.05) is 13.8 Å². The Hall–Kier alpha value is -2.83. The van der Waals surface area contributed by atoms with Crippen LogP contribution in [0.3, 0.4) is 0 Å². The lowest BCUT2D eigenvalue weighted by atomic mass is 9.77. The lowest BCUT2D eigenvalue weighted by molar-refractivity contribution is -0.137. The second-order valence-electron chi connectivity index (χ2n) is 6.90. The Kier molecular flexibility index (Phi) is 4.26. The number of hydrogen-bond acceptors (Lipinski definition) is 2. The van der Waals surface area contributed by atoms with Crippen molar-refractivity contribution in [3.05, 3.63) is 59.2 Å². The smallest absolute Gasteiger partial charge is 0.326 e. The number of nitrogens with one attached hydrogen (secondary N) is 2. The summed E-state index contributed by atoms with van der Waals surface area (Å²) >= 11 is 0. The zero-order valence-electron chi connectivity index (χ0n) is 14.2. The molecule has 1 aliphatic rings. The van der Waals surface area contributed by atoms with E-state index in [1.54, 1.807) is 12.1 Å². The first kappa shape index (κ1) is 18.0. The molecule has 0 radical (unpaired) electrons. The van der Waals surface area contributed by atoms with E-state index in [0.29, 0.717) is 12.1 Å². The minimum atomic E-state index is -4.48. The van der Waals surface area contributed by atoms with Gasteiger partial charge in [0.05, 0.1) is 5.56 Å². The van der Waals surface area contributed by atoms with Gasteiger partial charge in [0.15, 0.2) is 0 Å². The molecule has 0 aromatic heterocycles. The maximum absolute atomic E-state index is 12.8. The van der Waals surface area contributed by atoms with Crippen molar-refractivity contribution in [3.8, 4) is 0 Å². The van der Waals surface area contributed by atoms with Gasteiger partial charge in [-0.25, -0.2) is 0 Å². The summed E-state index contributed by atoms with van der Waals surface area (Å²) in [7, 11) is 0. The summed E-state index contributed by atoms with van der Waals surface area (Å²) in [6.07, 6.45) is -4.14. The second kappa shape index (κ2) is 6.16. The van der Waals surface area contributed by atoms with Gasteiger partial charge in [-0.2, -0.15) is 13.2 Å². The second-order valence-corrected chi connectivity index (χ2v) is 6.90. The zero-order valence-corrected chi connectivity index (χ0v) is 14.2. The third-order valence-corrected chi connectivity index (χ3v) is 4.34. The van der Waals surface area contributed by atoms with Gasteiger partial charge in [-0.05, 0) is 35.9 Å². The highest BCUT2D eigenvalue weighted by Gasteiger charge is 2.32. The van der Waals surface area contributed by atoms with Gasteiger partial charge in [0, 0.05) is 28.8 Å². The monoisotopic (exact) mass is 362 g/mol. The summed E-state index contributed by atoms with van der Waals surface area (Å²) in [5.41, 5.74) is 0.560. The van der Waals surface area contributed by atoms with E-state index in [-0.39, 0.29) is 22.6 Å². The minimum absolute atomic E-state index is 0.0481. The fourth-order valence-corrected chi connectivity index (χ4v) is 3.05. The van der Waals surface area contributed by atoms with Crippen molar-refractivity contribution in [1.82, 2.24) is 0 Å². The van der Waals surface area contributed by atoms with Gasteiger partial charge >= 0.3 is 6.18 Å². The number of anilines is 2. The number of carbonyl (C=O) groups excluding carboxylic acids is 2. The zero-order chi connectivity index (χ0) is 19.1. The van der Waals surface area contributed by atoms with Crippen LogP contribution in [0.5, 0.6) is 0 Å². The molecular weight excluding hydrogens is 345 g/mol. The first-order valence-electron chi connectivity index (χ1n) is 7.99. The molecule has 0 aliphatic carbocycles. The van der Waals surface area contributed by atoms with Crippen LogP contribution in [-0.4, -0.2) is 11.8 Å². The SMILES string of the molecule is CC1(C)CC(=O)Nc2cc(C(=O)Nc3cccc(C(F)(F)F)c3)ccc21. The maximum Gasteiger partial charge on any atom is 0.416 e. The summed E-state index contributed by atoms with van der Waals surface area (Å²) in [5.74, 6) is -0.692. The highest BCUT2D eigenvalue weighted by atomic mass is 19.4. The summed E-state index contributed by atoms with van der Waals surface area (Å²) in [6, 6.07) is 9.33. The minimum Gasteiger partial charge on any atom is -0.326 e. The predicted octanol–water partition coefficient (Wildman–Crippen LogP) is 4.58. The van der Waals surface area contributed by atoms with Gasteiger partial charge in [0.25, 0.3) is 5.91 Å². The molecular formula is C19H17F3N2O2. The lowest BCUT2D eigenvalue weighted by Crippen LogP contribution is -2.32. The maximum atomic E-state index is 12.8. The predicted molar refractivity (Wildman–Crippen MR) is 92.1 cm³/mol. The van der Waals surface area contributed by atoms with Crippen molar-refractivity contribution >= 4 is 23.2 Å². The summed E-state index contributed by atoms with van der Waals surface area (Å²) in [4.78, 5) is 24.2. The van der Waals surface area contributed by atoms with Gasteiger partial charge < -0.3 is 10.6 Å². The van der Waals surface area contributed by atoms with Crippen LogP contribution in [0.1, 0.15) is 41.8 Å². The number of benzene rings is 2. The van der Waals surface area contributed by atoms with Crippen LogP contribution in [0, 0.1) is 0 Å². The van der Waals surface area contributed by atoms with Crippen LogP contribution in [0.4, 0.5) is 24.5 Å². The largest absolute Gasteiger partial charge is 0.416 e. The highest BCUT2D eigenvalue weighted by Crippen LogP contribution is 2.37. The van der Waals surface area contributed by atoms with Crippen LogP contribution in [0.25, 0.3) is 0 Å².